The van der Waals surface area contributed by atoms with Crippen molar-refractivity contribution in [2.75, 3.05) is 13.1 Å². The molecule has 4 rings (SSSR count). The molecule has 0 spiro atoms. The highest BCUT2D eigenvalue weighted by molar-refractivity contribution is 5.75. The number of hydrogen-bond acceptors (Lipinski definition) is 4. The molecule has 1 saturated heterocycles. The lowest BCUT2D eigenvalue weighted by Gasteiger charge is -2.33. The van der Waals surface area contributed by atoms with Crippen LogP contribution in [0.4, 0.5) is 0 Å². The fraction of sp³-hybridized carbons (Fsp3) is 0.316. The van der Waals surface area contributed by atoms with Gasteiger partial charge < -0.3 is 0 Å². The maximum Gasteiger partial charge on any atom is 0.261 e. The van der Waals surface area contributed by atoms with Crippen molar-refractivity contribution in [3.05, 3.63) is 71.0 Å². The van der Waals surface area contributed by atoms with Gasteiger partial charge >= 0.3 is 0 Å². The van der Waals surface area contributed by atoms with Crippen LogP contribution in [0.5, 0.6) is 0 Å². The van der Waals surface area contributed by atoms with E-state index in [0.29, 0.717) is 10.9 Å². The predicted octanol–water partition coefficient (Wildman–Crippen LogP) is 2.63. The molecule has 0 radical (unpaired) electrons. The summed E-state index contributed by atoms with van der Waals surface area (Å²) in [4.78, 5) is 23.6. The third-order valence-corrected chi connectivity index (χ3v) is 4.71. The van der Waals surface area contributed by atoms with Gasteiger partial charge in [-0.2, -0.15) is 0 Å². The van der Waals surface area contributed by atoms with Crippen molar-refractivity contribution in [3.8, 4) is 0 Å². The lowest BCUT2D eigenvalue weighted by molar-refractivity contribution is 0.168. The van der Waals surface area contributed by atoms with Gasteiger partial charge in [0.05, 0.1) is 29.5 Å². The standard InChI is InChI=1S/C19H20N4O/c24-19-17-8-9-20-11-18(17)21-14-23(19)16-7-4-10-22(13-16)12-15-5-2-1-3-6-15/h1-3,5-6,8-9,11,14,16H,4,7,10,12-13H2. The predicted molar refractivity (Wildman–Crippen MR) is 93.8 cm³/mol. The maximum atomic E-state index is 12.8. The SMILES string of the molecule is O=c1c2ccncc2ncn1C1CCCN(Cc2ccccc2)C1. The highest BCUT2D eigenvalue weighted by Gasteiger charge is 2.22. The van der Waals surface area contributed by atoms with Crippen LogP contribution in [0.1, 0.15) is 24.4 Å². The molecule has 1 atom stereocenters. The van der Waals surface area contributed by atoms with E-state index >= 15 is 0 Å². The van der Waals surface area contributed by atoms with E-state index in [1.165, 1.54) is 5.56 Å². The summed E-state index contributed by atoms with van der Waals surface area (Å²) in [6.45, 7) is 2.88. The van der Waals surface area contributed by atoms with Gasteiger partial charge in [-0.25, -0.2) is 4.98 Å². The summed E-state index contributed by atoms with van der Waals surface area (Å²) in [5.74, 6) is 0. The Bertz CT molecular complexity index is 891. The van der Waals surface area contributed by atoms with Crippen molar-refractivity contribution in [2.24, 2.45) is 0 Å². The quantitative estimate of drug-likeness (QED) is 0.744. The fourth-order valence-corrected chi connectivity index (χ4v) is 3.49. The second-order valence-corrected chi connectivity index (χ2v) is 6.37. The Morgan fingerprint density at radius 2 is 2.04 bits per heavy atom. The minimum Gasteiger partial charge on any atom is -0.297 e. The zero-order valence-corrected chi connectivity index (χ0v) is 13.5. The van der Waals surface area contributed by atoms with Gasteiger partial charge in [0, 0.05) is 19.3 Å². The molecule has 3 heterocycles. The van der Waals surface area contributed by atoms with E-state index in [9.17, 15) is 4.79 Å². The lowest BCUT2D eigenvalue weighted by atomic mass is 10.0. The van der Waals surface area contributed by atoms with Gasteiger partial charge in [0.1, 0.15) is 0 Å². The number of fused-ring (bicyclic) bond motifs is 1. The Kier molecular flexibility index (Phi) is 4.09. The van der Waals surface area contributed by atoms with Gasteiger partial charge in [-0.15, -0.1) is 0 Å². The molecule has 5 nitrogen and oxygen atoms in total. The summed E-state index contributed by atoms with van der Waals surface area (Å²) >= 11 is 0. The second kappa shape index (κ2) is 6.53. The average molecular weight is 320 g/mol. The second-order valence-electron chi connectivity index (χ2n) is 6.37. The van der Waals surface area contributed by atoms with E-state index in [4.69, 9.17) is 0 Å². The molecular formula is C19H20N4O. The van der Waals surface area contributed by atoms with E-state index in [2.05, 4.69) is 39.1 Å². The molecule has 0 saturated carbocycles. The Hall–Kier alpha value is -2.53. The van der Waals surface area contributed by atoms with Gasteiger partial charge in [0.2, 0.25) is 0 Å². The first kappa shape index (κ1) is 15.0. The number of piperidine rings is 1. The van der Waals surface area contributed by atoms with Crippen LogP contribution in [0, 0.1) is 0 Å². The molecule has 0 N–H and O–H groups in total. The number of hydrogen-bond donors (Lipinski definition) is 0. The summed E-state index contributed by atoms with van der Waals surface area (Å²) in [7, 11) is 0. The van der Waals surface area contributed by atoms with Gasteiger partial charge in [-0.05, 0) is 31.0 Å². The van der Waals surface area contributed by atoms with Crippen LogP contribution in [-0.2, 0) is 6.54 Å². The Labute approximate surface area is 140 Å². The van der Waals surface area contributed by atoms with Crippen LogP contribution < -0.4 is 5.56 Å². The van der Waals surface area contributed by atoms with E-state index < -0.39 is 0 Å². The number of aromatic nitrogens is 3. The van der Waals surface area contributed by atoms with Crippen molar-refractivity contribution in [2.45, 2.75) is 25.4 Å². The molecule has 2 aromatic heterocycles. The number of nitrogens with zero attached hydrogens (tertiary/aromatic N) is 4. The molecule has 1 fully saturated rings. The topological polar surface area (TPSA) is 51.0 Å². The minimum atomic E-state index is 0.0361. The fourth-order valence-electron chi connectivity index (χ4n) is 3.49. The Morgan fingerprint density at radius 1 is 1.17 bits per heavy atom. The number of benzene rings is 1. The van der Waals surface area contributed by atoms with Gasteiger partial charge in [0.15, 0.2) is 0 Å². The molecule has 0 amide bonds. The van der Waals surface area contributed by atoms with Crippen LogP contribution in [0.15, 0.2) is 59.9 Å². The Balaban J connectivity index is 1.58. The van der Waals surface area contributed by atoms with E-state index in [1.54, 1.807) is 29.4 Å². The largest absolute Gasteiger partial charge is 0.297 e. The third-order valence-electron chi connectivity index (χ3n) is 4.71. The van der Waals surface area contributed by atoms with E-state index in [1.807, 2.05) is 6.07 Å². The molecule has 1 aliphatic rings. The van der Waals surface area contributed by atoms with E-state index in [0.717, 1.165) is 32.5 Å². The molecule has 3 aromatic rings. The van der Waals surface area contributed by atoms with Crippen molar-refractivity contribution in [3.63, 3.8) is 0 Å². The molecule has 1 aliphatic heterocycles. The third kappa shape index (κ3) is 2.95. The average Bonchev–Trinajstić information content (AvgIpc) is 2.63. The first-order valence-corrected chi connectivity index (χ1v) is 8.38. The van der Waals surface area contributed by atoms with Crippen molar-refractivity contribution < 1.29 is 0 Å². The first-order valence-electron chi connectivity index (χ1n) is 8.38. The first-order chi connectivity index (χ1) is 11.8. The normalized spacial score (nSPS) is 18.8. The van der Waals surface area contributed by atoms with Crippen LogP contribution >= 0.6 is 0 Å². The van der Waals surface area contributed by atoms with Crippen molar-refractivity contribution in [1.82, 2.24) is 19.4 Å². The van der Waals surface area contributed by atoms with Crippen molar-refractivity contribution >= 4 is 10.9 Å². The molecule has 122 valence electrons. The minimum absolute atomic E-state index is 0.0361. The molecule has 0 bridgehead atoms. The lowest BCUT2D eigenvalue weighted by Crippen LogP contribution is -2.39. The smallest absolute Gasteiger partial charge is 0.261 e. The summed E-state index contributed by atoms with van der Waals surface area (Å²) in [6.07, 6.45) is 7.09. The number of likely N-dealkylation sites (tertiary alicyclic amines) is 1. The van der Waals surface area contributed by atoms with Crippen LogP contribution in [0.2, 0.25) is 0 Å². The van der Waals surface area contributed by atoms with E-state index in [-0.39, 0.29) is 11.6 Å². The maximum absolute atomic E-state index is 12.8. The summed E-state index contributed by atoms with van der Waals surface area (Å²) < 4.78 is 1.81. The monoisotopic (exact) mass is 320 g/mol. The highest BCUT2D eigenvalue weighted by atomic mass is 16.1. The van der Waals surface area contributed by atoms with Crippen LogP contribution in [-0.4, -0.2) is 32.5 Å². The summed E-state index contributed by atoms with van der Waals surface area (Å²) in [5.41, 5.74) is 2.01. The van der Waals surface area contributed by atoms with Gasteiger partial charge in [0.25, 0.3) is 5.56 Å². The van der Waals surface area contributed by atoms with Crippen LogP contribution in [0.3, 0.4) is 0 Å². The van der Waals surface area contributed by atoms with Crippen LogP contribution in [0.25, 0.3) is 10.9 Å². The summed E-state index contributed by atoms with van der Waals surface area (Å²) in [6, 6.07) is 12.4. The molecular weight excluding hydrogens is 300 g/mol. The molecule has 24 heavy (non-hydrogen) atoms. The molecule has 1 unspecified atom stereocenters. The Morgan fingerprint density at radius 3 is 2.92 bits per heavy atom. The zero-order chi connectivity index (χ0) is 16.4. The van der Waals surface area contributed by atoms with Gasteiger partial charge in [-0.3, -0.25) is 19.2 Å². The molecule has 5 heteroatoms. The molecule has 0 aliphatic carbocycles. The molecule has 1 aromatic carbocycles. The number of pyridine rings is 1. The number of rotatable bonds is 3. The summed E-state index contributed by atoms with van der Waals surface area (Å²) in [5, 5.41) is 0.646. The highest BCUT2D eigenvalue weighted by Crippen LogP contribution is 2.22. The van der Waals surface area contributed by atoms with Gasteiger partial charge in [-0.1, -0.05) is 30.3 Å². The zero-order valence-electron chi connectivity index (χ0n) is 13.5. The van der Waals surface area contributed by atoms with Crippen molar-refractivity contribution in [1.29, 1.82) is 0 Å².